The molecule has 0 fully saturated rings. The third-order valence-electron chi connectivity index (χ3n) is 2.28. The van der Waals surface area contributed by atoms with Crippen LogP contribution in [0.1, 0.15) is 18.5 Å². The van der Waals surface area contributed by atoms with Crippen molar-refractivity contribution < 1.29 is 0 Å². The van der Waals surface area contributed by atoms with Crippen molar-refractivity contribution >= 4 is 11.8 Å². The summed E-state index contributed by atoms with van der Waals surface area (Å²) in [6, 6.07) is 8.13. The molecule has 1 aromatic heterocycles. The van der Waals surface area contributed by atoms with Crippen molar-refractivity contribution in [1.29, 1.82) is 0 Å². The Kier molecular flexibility index (Phi) is 3.26. The fourth-order valence-electron chi connectivity index (χ4n) is 1.41. The van der Waals surface area contributed by atoms with Crippen molar-refractivity contribution in [3.63, 3.8) is 0 Å². The Morgan fingerprint density at radius 2 is 2.12 bits per heavy atom. The summed E-state index contributed by atoms with van der Waals surface area (Å²) in [6.45, 7) is 1.98. The fourth-order valence-corrected chi connectivity index (χ4v) is 2.41. The fraction of sp³-hybridized carbons (Fsp3) is 0.273. The van der Waals surface area contributed by atoms with E-state index < -0.39 is 0 Å². The van der Waals surface area contributed by atoms with E-state index in [2.05, 4.69) is 16.3 Å². The Bertz CT molecular complexity index is 478. The van der Waals surface area contributed by atoms with Gasteiger partial charge in [-0.3, -0.25) is 0 Å². The van der Waals surface area contributed by atoms with Gasteiger partial charge in [0, 0.05) is 18.0 Å². The quantitative estimate of drug-likeness (QED) is 0.882. The van der Waals surface area contributed by atoms with Crippen LogP contribution in [0.4, 0.5) is 0 Å². The van der Waals surface area contributed by atoms with Crippen LogP contribution in [0.5, 0.6) is 0 Å². The van der Waals surface area contributed by atoms with E-state index in [4.69, 9.17) is 5.73 Å². The predicted molar refractivity (Wildman–Crippen MR) is 64.2 cm³/mol. The number of aryl methyl sites for hydroxylation is 1. The Hall–Kier alpha value is -1.33. The minimum Gasteiger partial charge on any atom is -0.324 e. The number of hydrogen-bond donors (Lipinski definition) is 1. The van der Waals surface area contributed by atoms with Crippen molar-refractivity contribution in [2.75, 3.05) is 0 Å². The maximum Gasteiger partial charge on any atom is 0.195 e. The molecule has 0 saturated carbocycles. The third kappa shape index (κ3) is 2.25. The van der Waals surface area contributed by atoms with E-state index in [0.717, 1.165) is 15.6 Å². The predicted octanol–water partition coefficient (Wildman–Crippen LogP) is 1.99. The second kappa shape index (κ2) is 4.67. The zero-order valence-corrected chi connectivity index (χ0v) is 10.1. The molecule has 0 spiro atoms. The third-order valence-corrected chi connectivity index (χ3v) is 3.42. The summed E-state index contributed by atoms with van der Waals surface area (Å²) < 4.78 is 1.89. The van der Waals surface area contributed by atoms with E-state index in [1.807, 2.05) is 36.7 Å². The minimum atomic E-state index is 0.0249. The Morgan fingerprint density at radius 1 is 1.38 bits per heavy atom. The van der Waals surface area contributed by atoms with Gasteiger partial charge in [-0.1, -0.05) is 18.2 Å². The topological polar surface area (TPSA) is 56.7 Å². The van der Waals surface area contributed by atoms with E-state index in [0.29, 0.717) is 0 Å². The number of nitrogens with zero attached hydrogens (tertiary/aromatic N) is 3. The smallest absolute Gasteiger partial charge is 0.195 e. The second-order valence-electron chi connectivity index (χ2n) is 3.65. The van der Waals surface area contributed by atoms with Gasteiger partial charge < -0.3 is 10.3 Å². The molecule has 2 aromatic rings. The van der Waals surface area contributed by atoms with E-state index in [-0.39, 0.29) is 6.04 Å². The summed E-state index contributed by atoms with van der Waals surface area (Å²) in [5, 5.41) is 8.77. The molecule has 0 saturated heterocycles. The molecule has 0 aliphatic carbocycles. The van der Waals surface area contributed by atoms with Crippen molar-refractivity contribution in [2.45, 2.75) is 23.0 Å². The minimum absolute atomic E-state index is 0.0249. The first-order valence-corrected chi connectivity index (χ1v) is 5.86. The standard InChI is InChI=1S/C11H14N4S/c1-8(12)9-5-3-4-6-10(9)16-11-14-13-7-15(11)2/h3-8H,12H2,1-2H3. The van der Waals surface area contributed by atoms with Crippen molar-refractivity contribution in [3.8, 4) is 0 Å². The van der Waals surface area contributed by atoms with Gasteiger partial charge in [-0.2, -0.15) is 0 Å². The maximum absolute atomic E-state index is 5.93. The highest BCUT2D eigenvalue weighted by atomic mass is 32.2. The first kappa shape index (κ1) is 11.2. The van der Waals surface area contributed by atoms with Crippen LogP contribution in [0, 0.1) is 0 Å². The van der Waals surface area contributed by atoms with Gasteiger partial charge in [-0.05, 0) is 30.3 Å². The molecule has 2 N–H and O–H groups in total. The summed E-state index contributed by atoms with van der Waals surface area (Å²) in [6.07, 6.45) is 1.69. The van der Waals surface area contributed by atoms with Crippen molar-refractivity contribution in [1.82, 2.24) is 14.8 Å². The molecule has 84 valence electrons. The van der Waals surface area contributed by atoms with E-state index >= 15 is 0 Å². The molecule has 1 aromatic carbocycles. The van der Waals surface area contributed by atoms with Gasteiger partial charge in [-0.25, -0.2) is 0 Å². The molecule has 0 amide bonds. The summed E-state index contributed by atoms with van der Waals surface area (Å²) in [4.78, 5) is 1.13. The Balaban J connectivity index is 2.31. The highest BCUT2D eigenvalue weighted by molar-refractivity contribution is 7.99. The van der Waals surface area contributed by atoms with Gasteiger partial charge in [0.05, 0.1) is 0 Å². The molecule has 1 atom stereocenters. The lowest BCUT2D eigenvalue weighted by Crippen LogP contribution is -2.06. The zero-order chi connectivity index (χ0) is 11.5. The maximum atomic E-state index is 5.93. The summed E-state index contributed by atoms with van der Waals surface area (Å²) in [5.74, 6) is 0. The van der Waals surface area contributed by atoms with E-state index in [1.165, 1.54) is 0 Å². The molecule has 4 nitrogen and oxygen atoms in total. The molecule has 1 heterocycles. The molecule has 2 rings (SSSR count). The first-order valence-electron chi connectivity index (χ1n) is 5.05. The molecule has 0 bridgehead atoms. The molecule has 0 aliphatic heterocycles. The molecule has 1 unspecified atom stereocenters. The molecule has 0 aliphatic rings. The van der Waals surface area contributed by atoms with Crippen LogP contribution in [-0.2, 0) is 7.05 Å². The monoisotopic (exact) mass is 234 g/mol. The average Bonchev–Trinajstić information content (AvgIpc) is 2.65. The zero-order valence-electron chi connectivity index (χ0n) is 9.29. The molecular formula is C11H14N4S. The number of rotatable bonds is 3. The molecule has 0 radical (unpaired) electrons. The highest BCUT2D eigenvalue weighted by Crippen LogP contribution is 2.30. The van der Waals surface area contributed by atoms with Crippen molar-refractivity contribution in [3.05, 3.63) is 36.2 Å². The van der Waals surface area contributed by atoms with E-state index in [9.17, 15) is 0 Å². The van der Waals surface area contributed by atoms with Crippen LogP contribution < -0.4 is 5.73 Å². The molecule has 16 heavy (non-hydrogen) atoms. The number of benzene rings is 1. The lowest BCUT2D eigenvalue weighted by Gasteiger charge is -2.11. The van der Waals surface area contributed by atoms with Gasteiger partial charge in [0.15, 0.2) is 5.16 Å². The van der Waals surface area contributed by atoms with Gasteiger partial charge in [0.2, 0.25) is 0 Å². The first-order chi connectivity index (χ1) is 7.68. The van der Waals surface area contributed by atoms with Gasteiger partial charge in [0.1, 0.15) is 6.33 Å². The Morgan fingerprint density at radius 3 is 2.75 bits per heavy atom. The Labute approximate surface area is 98.9 Å². The second-order valence-corrected chi connectivity index (χ2v) is 4.66. The van der Waals surface area contributed by atoms with Gasteiger partial charge in [0.25, 0.3) is 0 Å². The van der Waals surface area contributed by atoms with Crippen LogP contribution >= 0.6 is 11.8 Å². The summed E-state index contributed by atoms with van der Waals surface area (Å²) in [5.41, 5.74) is 7.06. The SMILES string of the molecule is CC(N)c1ccccc1Sc1nncn1C. The lowest BCUT2D eigenvalue weighted by molar-refractivity contribution is 0.779. The van der Waals surface area contributed by atoms with Crippen LogP contribution in [-0.4, -0.2) is 14.8 Å². The number of hydrogen-bond acceptors (Lipinski definition) is 4. The number of nitrogens with two attached hydrogens (primary N) is 1. The lowest BCUT2D eigenvalue weighted by atomic mass is 10.1. The van der Waals surface area contributed by atoms with E-state index in [1.54, 1.807) is 18.1 Å². The van der Waals surface area contributed by atoms with Crippen LogP contribution in [0.2, 0.25) is 0 Å². The van der Waals surface area contributed by atoms with Gasteiger partial charge >= 0.3 is 0 Å². The van der Waals surface area contributed by atoms with Crippen LogP contribution in [0.3, 0.4) is 0 Å². The van der Waals surface area contributed by atoms with Crippen molar-refractivity contribution in [2.24, 2.45) is 12.8 Å². The summed E-state index contributed by atoms with van der Waals surface area (Å²) in [7, 11) is 1.93. The van der Waals surface area contributed by atoms with Crippen LogP contribution in [0.15, 0.2) is 40.6 Å². The van der Waals surface area contributed by atoms with Gasteiger partial charge in [-0.15, -0.1) is 10.2 Å². The normalized spacial score (nSPS) is 12.7. The van der Waals surface area contributed by atoms with Crippen LogP contribution in [0.25, 0.3) is 0 Å². The number of aromatic nitrogens is 3. The average molecular weight is 234 g/mol. The summed E-state index contributed by atoms with van der Waals surface area (Å²) >= 11 is 1.59. The largest absolute Gasteiger partial charge is 0.324 e. The molecular weight excluding hydrogens is 220 g/mol. The molecule has 5 heteroatoms. The highest BCUT2D eigenvalue weighted by Gasteiger charge is 2.10.